The van der Waals surface area contributed by atoms with Crippen molar-refractivity contribution in [2.45, 2.75) is 58.0 Å². The van der Waals surface area contributed by atoms with E-state index >= 15 is 0 Å². The topological polar surface area (TPSA) is 56.4 Å². The number of nitrogens with one attached hydrogen (secondary N) is 1. The van der Waals surface area contributed by atoms with Crippen LogP contribution >= 0.6 is 0 Å². The number of carbonyl (C=O) groups is 2. The maximum atomic E-state index is 13.5. The molecule has 1 N–H and O–H groups in total. The van der Waals surface area contributed by atoms with Gasteiger partial charge in [-0.2, -0.15) is 0 Å². The molecule has 5 rings (SSSR count). The number of amides is 1. The number of fused-ring (bicyclic) bond motifs is 1. The molecule has 1 aromatic heterocycles. The van der Waals surface area contributed by atoms with Gasteiger partial charge < -0.3 is 14.8 Å². The number of aryl methyl sites for hydroxylation is 1. The lowest BCUT2D eigenvalue weighted by molar-refractivity contribution is 0.0643. The molecule has 35 heavy (non-hydrogen) atoms. The van der Waals surface area contributed by atoms with Gasteiger partial charge in [0.1, 0.15) is 11.5 Å². The Hall–Kier alpha value is -2.99. The zero-order valence-corrected chi connectivity index (χ0v) is 20.6. The summed E-state index contributed by atoms with van der Waals surface area (Å²) in [5.74, 6) is -0.0891. The molecule has 0 bridgehead atoms. The van der Waals surface area contributed by atoms with Crippen LogP contribution in [0, 0.1) is 18.7 Å². The second kappa shape index (κ2) is 9.94. The van der Waals surface area contributed by atoms with Crippen molar-refractivity contribution in [1.29, 1.82) is 0 Å². The predicted molar refractivity (Wildman–Crippen MR) is 136 cm³/mol. The van der Waals surface area contributed by atoms with Gasteiger partial charge in [-0.05, 0) is 101 Å². The van der Waals surface area contributed by atoms with Crippen LogP contribution in [0.3, 0.4) is 0 Å². The minimum absolute atomic E-state index is 0.00642. The molecule has 2 atom stereocenters. The van der Waals surface area contributed by atoms with E-state index in [-0.39, 0.29) is 35.5 Å². The molecule has 0 saturated carbocycles. The van der Waals surface area contributed by atoms with Crippen LogP contribution in [0.1, 0.15) is 65.4 Å². The second-order valence-corrected chi connectivity index (χ2v) is 10.3. The molecule has 3 heterocycles. The van der Waals surface area contributed by atoms with Gasteiger partial charge in [-0.1, -0.05) is 12.1 Å². The number of Topliss-reactive ketones (excluding diaryl/α,β-unsaturated/α-hetero) is 1. The maximum absolute atomic E-state index is 13.5. The molecule has 6 heteroatoms. The van der Waals surface area contributed by atoms with Crippen LogP contribution < -0.4 is 0 Å². The molecule has 0 unspecified atom stereocenters. The SMILES string of the molecule is Cc1ccc2cc(C(=O)N3[C@H](CCN4CCC(C(=O)c5ccc(F)cc5)CC4)CC[C@@H]3C)[nH]c2c1. The van der Waals surface area contributed by atoms with Gasteiger partial charge in [-0.15, -0.1) is 0 Å². The molecule has 3 aromatic rings. The Morgan fingerprint density at radius 3 is 2.49 bits per heavy atom. The molecule has 5 nitrogen and oxygen atoms in total. The molecule has 0 radical (unpaired) electrons. The first-order valence-corrected chi connectivity index (χ1v) is 12.8. The van der Waals surface area contributed by atoms with Crippen molar-refractivity contribution in [2.24, 2.45) is 5.92 Å². The third-order valence-electron chi connectivity index (χ3n) is 7.89. The van der Waals surface area contributed by atoms with E-state index in [9.17, 15) is 14.0 Å². The normalized spacial score (nSPS) is 21.6. The molecule has 1 amide bonds. The Bertz CT molecular complexity index is 1210. The number of aromatic amines is 1. The van der Waals surface area contributed by atoms with Gasteiger partial charge in [0.05, 0.1) is 0 Å². The number of piperidine rings is 1. The summed E-state index contributed by atoms with van der Waals surface area (Å²) in [6, 6.07) is 14.6. The summed E-state index contributed by atoms with van der Waals surface area (Å²) in [4.78, 5) is 34.1. The van der Waals surface area contributed by atoms with Crippen LogP contribution in [0.5, 0.6) is 0 Å². The smallest absolute Gasteiger partial charge is 0.270 e. The molecule has 2 aliphatic rings. The number of benzene rings is 2. The first kappa shape index (κ1) is 23.7. The number of aromatic nitrogens is 1. The fraction of sp³-hybridized carbons (Fsp3) is 0.448. The summed E-state index contributed by atoms with van der Waals surface area (Å²) >= 11 is 0. The van der Waals surface area contributed by atoms with E-state index in [2.05, 4.69) is 46.8 Å². The molecule has 0 spiro atoms. The van der Waals surface area contributed by atoms with E-state index in [0.29, 0.717) is 11.3 Å². The fourth-order valence-electron chi connectivity index (χ4n) is 5.82. The number of likely N-dealkylation sites (tertiary alicyclic amines) is 2. The lowest BCUT2D eigenvalue weighted by atomic mass is 9.88. The third kappa shape index (κ3) is 5.03. The zero-order chi connectivity index (χ0) is 24.5. The number of ketones is 1. The van der Waals surface area contributed by atoms with Crippen LogP contribution in [0.4, 0.5) is 4.39 Å². The predicted octanol–water partition coefficient (Wildman–Crippen LogP) is 5.59. The van der Waals surface area contributed by atoms with Crippen molar-refractivity contribution in [3.63, 3.8) is 0 Å². The average molecular weight is 476 g/mol. The highest BCUT2D eigenvalue weighted by atomic mass is 19.1. The molecule has 184 valence electrons. The van der Waals surface area contributed by atoms with Crippen molar-refractivity contribution < 1.29 is 14.0 Å². The molecule has 2 aromatic carbocycles. The number of halogens is 1. The molecular weight excluding hydrogens is 441 g/mol. The summed E-state index contributed by atoms with van der Waals surface area (Å²) in [6.07, 6.45) is 4.67. The summed E-state index contributed by atoms with van der Waals surface area (Å²) in [5.41, 5.74) is 3.46. The summed E-state index contributed by atoms with van der Waals surface area (Å²) < 4.78 is 13.2. The summed E-state index contributed by atoms with van der Waals surface area (Å²) in [5, 5.41) is 1.07. The number of hydrogen-bond acceptors (Lipinski definition) is 3. The van der Waals surface area contributed by atoms with Gasteiger partial charge in [0.25, 0.3) is 5.91 Å². The minimum atomic E-state index is -0.315. The van der Waals surface area contributed by atoms with Gasteiger partial charge in [0.2, 0.25) is 0 Å². The quantitative estimate of drug-likeness (QED) is 0.473. The van der Waals surface area contributed by atoms with Crippen LogP contribution in [-0.4, -0.2) is 58.2 Å². The van der Waals surface area contributed by atoms with Crippen molar-refractivity contribution in [3.05, 3.63) is 71.2 Å². The van der Waals surface area contributed by atoms with E-state index in [1.54, 1.807) is 12.1 Å². The molecule has 0 aliphatic carbocycles. The monoisotopic (exact) mass is 475 g/mol. The Kier molecular flexibility index (Phi) is 6.74. The number of nitrogens with zero attached hydrogens (tertiary/aromatic N) is 2. The van der Waals surface area contributed by atoms with Crippen molar-refractivity contribution in [2.75, 3.05) is 19.6 Å². The second-order valence-electron chi connectivity index (χ2n) is 10.3. The highest BCUT2D eigenvalue weighted by molar-refractivity contribution is 5.99. The molecule has 2 aliphatic heterocycles. The van der Waals surface area contributed by atoms with Gasteiger partial charge in [-0.3, -0.25) is 9.59 Å². The minimum Gasteiger partial charge on any atom is -0.351 e. The van der Waals surface area contributed by atoms with Crippen LogP contribution in [0.2, 0.25) is 0 Å². The Labute approximate surface area is 206 Å². The van der Waals surface area contributed by atoms with E-state index in [0.717, 1.165) is 62.6 Å². The van der Waals surface area contributed by atoms with E-state index in [1.165, 1.54) is 17.7 Å². The Morgan fingerprint density at radius 1 is 1.00 bits per heavy atom. The summed E-state index contributed by atoms with van der Waals surface area (Å²) in [7, 11) is 0. The highest BCUT2D eigenvalue weighted by Crippen LogP contribution is 2.30. The summed E-state index contributed by atoms with van der Waals surface area (Å²) in [6.45, 7) is 6.91. The largest absolute Gasteiger partial charge is 0.351 e. The standard InChI is InChI=1S/C29H34FN3O2/c1-19-3-5-23-18-27(31-26(23)17-19)29(35)33-20(2)4-10-25(33)13-16-32-14-11-22(12-15-32)28(34)21-6-8-24(30)9-7-21/h3,5-9,17-18,20,22,25,31H,4,10-16H2,1-2H3/t20-,25-/m0/s1. The van der Waals surface area contributed by atoms with E-state index in [1.807, 2.05) is 6.07 Å². The third-order valence-corrected chi connectivity index (χ3v) is 7.89. The Balaban J connectivity index is 1.17. The number of carbonyl (C=O) groups excluding carboxylic acids is 2. The maximum Gasteiger partial charge on any atom is 0.270 e. The van der Waals surface area contributed by atoms with E-state index in [4.69, 9.17) is 0 Å². The number of rotatable bonds is 6. The van der Waals surface area contributed by atoms with E-state index < -0.39 is 0 Å². The first-order chi connectivity index (χ1) is 16.9. The first-order valence-electron chi connectivity index (χ1n) is 12.8. The van der Waals surface area contributed by atoms with Crippen molar-refractivity contribution in [1.82, 2.24) is 14.8 Å². The Morgan fingerprint density at radius 2 is 1.74 bits per heavy atom. The molecule has 2 saturated heterocycles. The van der Waals surface area contributed by atoms with Crippen LogP contribution in [-0.2, 0) is 0 Å². The zero-order valence-electron chi connectivity index (χ0n) is 20.6. The lowest BCUT2D eigenvalue weighted by Gasteiger charge is -2.34. The van der Waals surface area contributed by atoms with Crippen LogP contribution in [0.25, 0.3) is 10.9 Å². The number of hydrogen-bond donors (Lipinski definition) is 1. The average Bonchev–Trinajstić information content (AvgIpc) is 3.45. The number of H-pyrrole nitrogens is 1. The highest BCUT2D eigenvalue weighted by Gasteiger charge is 2.36. The van der Waals surface area contributed by atoms with Gasteiger partial charge in [0.15, 0.2) is 5.78 Å². The molecular formula is C29H34FN3O2. The van der Waals surface area contributed by atoms with Gasteiger partial charge in [0, 0.05) is 41.0 Å². The van der Waals surface area contributed by atoms with Crippen molar-refractivity contribution in [3.8, 4) is 0 Å². The molecule has 2 fully saturated rings. The van der Waals surface area contributed by atoms with Gasteiger partial charge >= 0.3 is 0 Å². The fourth-order valence-corrected chi connectivity index (χ4v) is 5.82. The van der Waals surface area contributed by atoms with Crippen LogP contribution in [0.15, 0.2) is 48.5 Å². The lowest BCUT2D eigenvalue weighted by Crippen LogP contribution is -2.43. The van der Waals surface area contributed by atoms with Crippen molar-refractivity contribution >= 4 is 22.6 Å². The van der Waals surface area contributed by atoms with Gasteiger partial charge in [-0.25, -0.2) is 4.39 Å².